The highest BCUT2D eigenvalue weighted by Gasteiger charge is 2.31. The summed E-state index contributed by atoms with van der Waals surface area (Å²) < 4.78 is 19.4. The zero-order chi connectivity index (χ0) is 18.2. The van der Waals surface area contributed by atoms with Gasteiger partial charge in [-0.1, -0.05) is 0 Å². The number of likely N-dealkylation sites (tertiary alicyclic amines) is 1. The first-order valence-corrected chi connectivity index (χ1v) is 8.39. The fourth-order valence-electron chi connectivity index (χ4n) is 3.11. The molecule has 134 valence electrons. The predicted molar refractivity (Wildman–Crippen MR) is 90.9 cm³/mol. The highest BCUT2D eigenvalue weighted by Crippen LogP contribution is 2.28. The molecule has 1 fully saturated rings. The van der Waals surface area contributed by atoms with Gasteiger partial charge in [-0.05, 0) is 33.6 Å². The van der Waals surface area contributed by atoms with Gasteiger partial charge in [-0.15, -0.1) is 0 Å². The average Bonchev–Trinajstić information content (AvgIpc) is 2.98. The lowest BCUT2D eigenvalue weighted by atomic mass is 9.89. The number of Topliss-reactive ketones (excluding diaryl/α,β-unsaturated/α-hetero) is 1. The van der Waals surface area contributed by atoms with Crippen LogP contribution >= 0.6 is 0 Å². The van der Waals surface area contributed by atoms with Gasteiger partial charge in [-0.25, -0.2) is 9.18 Å². The van der Waals surface area contributed by atoms with Gasteiger partial charge in [-0.3, -0.25) is 9.78 Å². The van der Waals surface area contributed by atoms with Crippen molar-refractivity contribution in [2.45, 2.75) is 39.2 Å². The van der Waals surface area contributed by atoms with Gasteiger partial charge in [0.15, 0.2) is 11.6 Å². The molecule has 0 aliphatic carbocycles. The molecular weight excluding hydrogens is 325 g/mol. The molecule has 2 aromatic rings. The highest BCUT2D eigenvalue weighted by molar-refractivity contribution is 6.09. The molecule has 1 aliphatic heterocycles. The first-order valence-electron chi connectivity index (χ1n) is 8.39. The standard InChI is InChI=1S/C18H22FN3O3/c1-18(2,3)25-17(24)22-6-4-11(5-7-22)16(23)12-8-21-14-10-20-9-13(19)15(12)14/h8-11,21H,4-7H2,1-3H3. The van der Waals surface area contributed by atoms with Crippen LogP contribution in [-0.2, 0) is 4.74 Å². The number of ketones is 1. The summed E-state index contributed by atoms with van der Waals surface area (Å²) in [6.45, 7) is 6.38. The van der Waals surface area contributed by atoms with Crippen molar-refractivity contribution in [2.24, 2.45) is 5.92 Å². The molecule has 1 aliphatic rings. The van der Waals surface area contributed by atoms with Crippen LogP contribution in [0, 0.1) is 11.7 Å². The molecule has 1 N–H and O–H groups in total. The van der Waals surface area contributed by atoms with Gasteiger partial charge in [0.2, 0.25) is 0 Å². The molecular formula is C18H22FN3O3. The number of amides is 1. The van der Waals surface area contributed by atoms with Crippen molar-refractivity contribution in [3.63, 3.8) is 0 Å². The first-order chi connectivity index (χ1) is 11.8. The van der Waals surface area contributed by atoms with Crippen molar-refractivity contribution < 1.29 is 18.7 Å². The zero-order valence-corrected chi connectivity index (χ0v) is 14.6. The number of aromatic nitrogens is 2. The number of carbonyl (C=O) groups excluding carboxylic acids is 2. The Morgan fingerprint density at radius 3 is 2.60 bits per heavy atom. The summed E-state index contributed by atoms with van der Waals surface area (Å²) >= 11 is 0. The number of hydrogen-bond acceptors (Lipinski definition) is 4. The minimum Gasteiger partial charge on any atom is -0.444 e. The van der Waals surface area contributed by atoms with Gasteiger partial charge < -0.3 is 14.6 Å². The Hall–Kier alpha value is -2.44. The van der Waals surface area contributed by atoms with Crippen LogP contribution in [-0.4, -0.2) is 45.4 Å². The molecule has 0 aromatic carbocycles. The summed E-state index contributed by atoms with van der Waals surface area (Å²) in [7, 11) is 0. The van der Waals surface area contributed by atoms with E-state index in [1.54, 1.807) is 4.90 Å². The Labute approximate surface area is 145 Å². The van der Waals surface area contributed by atoms with Crippen LogP contribution in [0.15, 0.2) is 18.6 Å². The molecule has 0 saturated carbocycles. The molecule has 1 amide bonds. The van der Waals surface area contributed by atoms with Gasteiger partial charge >= 0.3 is 6.09 Å². The second-order valence-electron chi connectivity index (χ2n) is 7.35. The van der Waals surface area contributed by atoms with Crippen molar-refractivity contribution in [1.82, 2.24) is 14.9 Å². The van der Waals surface area contributed by atoms with Crippen LogP contribution in [0.2, 0.25) is 0 Å². The molecule has 0 spiro atoms. The number of nitrogens with zero attached hydrogens (tertiary/aromatic N) is 2. The Morgan fingerprint density at radius 2 is 1.96 bits per heavy atom. The molecule has 0 unspecified atom stereocenters. The fraction of sp³-hybridized carbons (Fsp3) is 0.500. The Balaban J connectivity index is 1.68. The second kappa shape index (κ2) is 6.46. The van der Waals surface area contributed by atoms with E-state index in [0.29, 0.717) is 37.0 Å². The lowest BCUT2D eigenvalue weighted by molar-refractivity contribution is 0.0182. The van der Waals surface area contributed by atoms with Crippen LogP contribution in [0.3, 0.4) is 0 Å². The van der Waals surface area contributed by atoms with E-state index >= 15 is 0 Å². The number of ether oxygens (including phenoxy) is 1. The summed E-state index contributed by atoms with van der Waals surface area (Å²) in [6, 6.07) is 0. The smallest absolute Gasteiger partial charge is 0.410 e. The Bertz CT molecular complexity index is 801. The van der Waals surface area contributed by atoms with E-state index in [1.807, 2.05) is 20.8 Å². The quantitative estimate of drug-likeness (QED) is 0.843. The molecule has 1 saturated heterocycles. The van der Waals surface area contributed by atoms with Crippen molar-refractivity contribution >= 4 is 22.8 Å². The van der Waals surface area contributed by atoms with Gasteiger partial charge in [-0.2, -0.15) is 0 Å². The van der Waals surface area contributed by atoms with Crippen molar-refractivity contribution in [1.29, 1.82) is 0 Å². The number of fused-ring (bicyclic) bond motifs is 1. The van der Waals surface area contributed by atoms with E-state index in [-0.39, 0.29) is 23.2 Å². The minimum atomic E-state index is -0.542. The lowest BCUT2D eigenvalue weighted by Crippen LogP contribution is -2.43. The molecule has 25 heavy (non-hydrogen) atoms. The molecule has 0 bridgehead atoms. The minimum absolute atomic E-state index is 0.0970. The maximum Gasteiger partial charge on any atom is 0.410 e. The van der Waals surface area contributed by atoms with Crippen molar-refractivity contribution in [2.75, 3.05) is 13.1 Å². The predicted octanol–water partition coefficient (Wildman–Crippen LogP) is 3.53. The topological polar surface area (TPSA) is 75.3 Å². The summed E-state index contributed by atoms with van der Waals surface area (Å²) in [5.74, 6) is -0.835. The van der Waals surface area contributed by atoms with E-state index in [0.717, 1.165) is 6.20 Å². The number of piperidine rings is 1. The SMILES string of the molecule is CC(C)(C)OC(=O)N1CCC(C(=O)c2c[nH]c3cncc(F)c23)CC1. The number of nitrogens with one attached hydrogen (secondary N) is 1. The number of rotatable bonds is 2. The Kier molecular flexibility index (Phi) is 4.49. The van der Waals surface area contributed by atoms with E-state index in [9.17, 15) is 14.0 Å². The molecule has 0 radical (unpaired) electrons. The summed E-state index contributed by atoms with van der Waals surface area (Å²) in [5, 5.41) is 0.287. The highest BCUT2D eigenvalue weighted by atomic mass is 19.1. The number of carbonyl (C=O) groups is 2. The zero-order valence-electron chi connectivity index (χ0n) is 14.6. The number of H-pyrrole nitrogens is 1. The third-order valence-electron chi connectivity index (χ3n) is 4.32. The normalized spacial score (nSPS) is 16.2. The molecule has 3 rings (SSSR count). The lowest BCUT2D eigenvalue weighted by Gasteiger charge is -2.32. The monoisotopic (exact) mass is 347 g/mol. The van der Waals surface area contributed by atoms with Gasteiger partial charge in [0.1, 0.15) is 5.60 Å². The fourth-order valence-corrected chi connectivity index (χ4v) is 3.11. The maximum absolute atomic E-state index is 14.0. The summed E-state index contributed by atoms with van der Waals surface area (Å²) in [4.78, 5) is 33.2. The van der Waals surface area contributed by atoms with Crippen molar-refractivity contribution in [3.8, 4) is 0 Å². The van der Waals surface area contributed by atoms with E-state index < -0.39 is 11.4 Å². The Morgan fingerprint density at radius 1 is 1.28 bits per heavy atom. The number of halogens is 1. The van der Waals surface area contributed by atoms with Crippen LogP contribution < -0.4 is 0 Å². The molecule has 7 heteroatoms. The van der Waals surface area contributed by atoms with E-state index in [1.165, 1.54) is 12.4 Å². The van der Waals surface area contributed by atoms with Gasteiger partial charge in [0.25, 0.3) is 0 Å². The molecule has 2 aromatic heterocycles. The largest absolute Gasteiger partial charge is 0.444 e. The average molecular weight is 347 g/mol. The van der Waals surface area contributed by atoms with Gasteiger partial charge in [0.05, 0.1) is 17.9 Å². The second-order valence-corrected chi connectivity index (χ2v) is 7.35. The van der Waals surface area contributed by atoms with Crippen molar-refractivity contribution in [3.05, 3.63) is 30.0 Å². The summed E-state index contributed by atoms with van der Waals surface area (Å²) in [5.41, 5.74) is 0.319. The molecule has 6 nitrogen and oxygen atoms in total. The van der Waals surface area contributed by atoms with Crippen LogP contribution in [0.4, 0.5) is 9.18 Å². The molecule has 0 atom stereocenters. The van der Waals surface area contributed by atoms with Crippen LogP contribution in [0.5, 0.6) is 0 Å². The number of pyridine rings is 1. The first kappa shape index (κ1) is 17.4. The van der Waals surface area contributed by atoms with E-state index in [2.05, 4.69) is 9.97 Å². The third-order valence-corrected chi connectivity index (χ3v) is 4.32. The third kappa shape index (κ3) is 3.65. The van der Waals surface area contributed by atoms with E-state index in [4.69, 9.17) is 4.74 Å². The number of aromatic amines is 1. The molecule has 3 heterocycles. The number of hydrogen-bond donors (Lipinski definition) is 1. The summed E-state index contributed by atoms with van der Waals surface area (Å²) in [6.07, 6.45) is 4.87. The maximum atomic E-state index is 14.0. The van der Waals surface area contributed by atoms with Crippen LogP contribution in [0.25, 0.3) is 10.9 Å². The van der Waals surface area contributed by atoms with Crippen LogP contribution in [0.1, 0.15) is 44.0 Å². The van der Waals surface area contributed by atoms with Gasteiger partial charge in [0, 0.05) is 36.2 Å².